The van der Waals surface area contributed by atoms with Gasteiger partial charge < -0.3 is 9.47 Å². The van der Waals surface area contributed by atoms with Crippen molar-refractivity contribution >= 4 is 17.9 Å². The minimum Gasteiger partial charge on any atom is -0.493 e. The van der Waals surface area contributed by atoms with E-state index in [1.165, 1.54) is 7.11 Å². The molecule has 0 aliphatic heterocycles. The minimum atomic E-state index is 0.0495. The molecule has 3 nitrogen and oxygen atoms in total. The van der Waals surface area contributed by atoms with E-state index in [4.69, 9.17) is 21.1 Å². The van der Waals surface area contributed by atoms with Crippen LogP contribution in [-0.4, -0.2) is 19.5 Å². The van der Waals surface area contributed by atoms with Crippen LogP contribution in [0.5, 0.6) is 11.5 Å². The third-order valence-corrected chi connectivity index (χ3v) is 2.56. The molecule has 0 spiro atoms. The number of benzene rings is 1. The lowest BCUT2D eigenvalue weighted by Crippen LogP contribution is -2.11. The molecule has 0 saturated heterocycles. The van der Waals surface area contributed by atoms with E-state index in [9.17, 15) is 4.79 Å². The highest BCUT2D eigenvalue weighted by Gasteiger charge is 2.13. The number of carbonyl (C=O) groups is 1. The Morgan fingerprint density at radius 1 is 1.50 bits per heavy atom. The number of hydrogen-bond acceptors (Lipinski definition) is 3. The van der Waals surface area contributed by atoms with Crippen molar-refractivity contribution in [3.8, 4) is 11.5 Å². The van der Waals surface area contributed by atoms with Crippen LogP contribution in [0.2, 0.25) is 5.02 Å². The average Bonchev–Trinajstić information content (AvgIpc) is 2.30. The molecule has 0 saturated carbocycles. The number of carbonyl (C=O) groups excluding carboxylic acids is 1. The number of rotatable bonds is 5. The molecule has 0 radical (unpaired) electrons. The zero-order valence-corrected chi connectivity index (χ0v) is 10.4. The molecule has 0 heterocycles. The standard InChI is InChI=1S/C12H15ClO3/c1-4-8(2)16-12-10(13)5-9(7-14)6-11(12)15-3/h5-8H,4H2,1-3H3/t8-/m0/s1. The summed E-state index contributed by atoms with van der Waals surface area (Å²) in [4.78, 5) is 10.7. The first kappa shape index (κ1) is 12.8. The minimum absolute atomic E-state index is 0.0495. The highest BCUT2D eigenvalue weighted by atomic mass is 35.5. The third-order valence-electron chi connectivity index (χ3n) is 2.28. The van der Waals surface area contributed by atoms with Crippen LogP contribution in [0.15, 0.2) is 12.1 Å². The predicted octanol–water partition coefficient (Wildman–Crippen LogP) is 3.34. The van der Waals surface area contributed by atoms with Gasteiger partial charge in [0.15, 0.2) is 11.5 Å². The monoisotopic (exact) mass is 242 g/mol. The number of halogens is 1. The Balaban J connectivity index is 3.11. The fourth-order valence-electron chi connectivity index (χ4n) is 1.21. The van der Waals surface area contributed by atoms with Crippen molar-refractivity contribution < 1.29 is 14.3 Å². The maximum Gasteiger partial charge on any atom is 0.180 e. The second-order valence-corrected chi connectivity index (χ2v) is 3.90. The van der Waals surface area contributed by atoms with Crippen LogP contribution in [0.3, 0.4) is 0 Å². The summed E-state index contributed by atoms with van der Waals surface area (Å²) < 4.78 is 10.8. The number of aldehydes is 1. The van der Waals surface area contributed by atoms with E-state index in [-0.39, 0.29) is 6.10 Å². The van der Waals surface area contributed by atoms with Crippen molar-refractivity contribution in [2.75, 3.05) is 7.11 Å². The lowest BCUT2D eigenvalue weighted by atomic mass is 10.2. The van der Waals surface area contributed by atoms with E-state index in [0.29, 0.717) is 22.1 Å². The van der Waals surface area contributed by atoms with E-state index in [1.54, 1.807) is 12.1 Å². The molecule has 0 amide bonds. The maximum atomic E-state index is 10.7. The molecule has 1 aromatic carbocycles. The van der Waals surface area contributed by atoms with Gasteiger partial charge in [-0.15, -0.1) is 0 Å². The Bertz CT molecular complexity index is 377. The van der Waals surface area contributed by atoms with Crippen LogP contribution < -0.4 is 9.47 Å². The Morgan fingerprint density at radius 3 is 2.69 bits per heavy atom. The van der Waals surface area contributed by atoms with Gasteiger partial charge in [0.1, 0.15) is 6.29 Å². The number of methoxy groups -OCH3 is 1. The van der Waals surface area contributed by atoms with Gasteiger partial charge in [-0.2, -0.15) is 0 Å². The summed E-state index contributed by atoms with van der Waals surface area (Å²) in [6, 6.07) is 3.17. The number of ether oxygens (including phenoxy) is 2. The molecular formula is C12H15ClO3. The van der Waals surface area contributed by atoms with E-state index >= 15 is 0 Å². The predicted molar refractivity (Wildman–Crippen MR) is 63.8 cm³/mol. The molecule has 0 aromatic heterocycles. The normalized spacial score (nSPS) is 12.0. The highest BCUT2D eigenvalue weighted by molar-refractivity contribution is 6.32. The van der Waals surface area contributed by atoms with Gasteiger partial charge >= 0.3 is 0 Å². The molecular weight excluding hydrogens is 228 g/mol. The molecule has 0 aliphatic rings. The van der Waals surface area contributed by atoms with Gasteiger partial charge in [-0.25, -0.2) is 0 Å². The Hall–Kier alpha value is -1.22. The van der Waals surface area contributed by atoms with Crippen molar-refractivity contribution in [3.05, 3.63) is 22.7 Å². The second-order valence-electron chi connectivity index (χ2n) is 3.49. The van der Waals surface area contributed by atoms with Gasteiger partial charge in [-0.05, 0) is 25.5 Å². The third kappa shape index (κ3) is 2.89. The lowest BCUT2D eigenvalue weighted by molar-refractivity contribution is 0.112. The van der Waals surface area contributed by atoms with Crippen LogP contribution in [-0.2, 0) is 0 Å². The summed E-state index contributed by atoms with van der Waals surface area (Å²) in [7, 11) is 1.52. The van der Waals surface area contributed by atoms with Crippen molar-refractivity contribution in [1.29, 1.82) is 0 Å². The second kappa shape index (κ2) is 5.75. The highest BCUT2D eigenvalue weighted by Crippen LogP contribution is 2.36. The molecule has 0 aliphatic carbocycles. The average molecular weight is 243 g/mol. The first-order valence-corrected chi connectivity index (χ1v) is 5.49. The van der Waals surface area contributed by atoms with Crippen LogP contribution in [0.4, 0.5) is 0 Å². The van der Waals surface area contributed by atoms with Crippen LogP contribution >= 0.6 is 11.6 Å². The molecule has 88 valence electrons. The Morgan fingerprint density at radius 2 is 2.19 bits per heavy atom. The fraction of sp³-hybridized carbons (Fsp3) is 0.417. The van der Waals surface area contributed by atoms with E-state index in [0.717, 1.165) is 12.7 Å². The van der Waals surface area contributed by atoms with Gasteiger partial charge in [0.05, 0.1) is 18.2 Å². The smallest absolute Gasteiger partial charge is 0.180 e. The zero-order valence-electron chi connectivity index (χ0n) is 9.62. The summed E-state index contributed by atoms with van der Waals surface area (Å²) >= 11 is 6.03. The molecule has 0 bridgehead atoms. The van der Waals surface area contributed by atoms with Gasteiger partial charge in [0.2, 0.25) is 0 Å². The van der Waals surface area contributed by atoms with Gasteiger partial charge in [0.25, 0.3) is 0 Å². The molecule has 0 N–H and O–H groups in total. The SMILES string of the molecule is CC[C@H](C)Oc1c(Cl)cc(C=O)cc1OC. The molecule has 0 unspecified atom stereocenters. The van der Waals surface area contributed by atoms with Crippen molar-refractivity contribution in [2.45, 2.75) is 26.4 Å². The quantitative estimate of drug-likeness (QED) is 0.743. The molecule has 0 fully saturated rings. The molecule has 16 heavy (non-hydrogen) atoms. The summed E-state index contributed by atoms with van der Waals surface area (Å²) in [5.41, 5.74) is 0.471. The Kier molecular flexibility index (Phi) is 4.62. The maximum absolute atomic E-state index is 10.7. The van der Waals surface area contributed by atoms with E-state index < -0.39 is 0 Å². The van der Waals surface area contributed by atoms with Crippen molar-refractivity contribution in [3.63, 3.8) is 0 Å². The Labute approximate surface area is 100 Å². The first-order valence-electron chi connectivity index (χ1n) is 5.11. The van der Waals surface area contributed by atoms with E-state index in [2.05, 4.69) is 0 Å². The molecule has 1 aromatic rings. The van der Waals surface area contributed by atoms with Gasteiger partial charge in [-0.1, -0.05) is 18.5 Å². The lowest BCUT2D eigenvalue weighted by Gasteiger charge is -2.17. The van der Waals surface area contributed by atoms with Crippen molar-refractivity contribution in [1.82, 2.24) is 0 Å². The zero-order chi connectivity index (χ0) is 12.1. The fourth-order valence-corrected chi connectivity index (χ4v) is 1.47. The molecule has 1 atom stereocenters. The summed E-state index contributed by atoms with van der Waals surface area (Å²) in [5.74, 6) is 0.971. The largest absolute Gasteiger partial charge is 0.493 e. The molecule has 4 heteroatoms. The summed E-state index contributed by atoms with van der Waals surface area (Å²) in [6.07, 6.45) is 1.64. The summed E-state index contributed by atoms with van der Waals surface area (Å²) in [6.45, 7) is 3.97. The van der Waals surface area contributed by atoms with Crippen molar-refractivity contribution in [2.24, 2.45) is 0 Å². The first-order chi connectivity index (χ1) is 7.62. The van der Waals surface area contributed by atoms with Gasteiger partial charge in [-0.3, -0.25) is 4.79 Å². The van der Waals surface area contributed by atoms with Crippen LogP contribution in [0.1, 0.15) is 30.6 Å². The topological polar surface area (TPSA) is 35.5 Å². The van der Waals surface area contributed by atoms with E-state index in [1.807, 2.05) is 13.8 Å². The molecule has 1 rings (SSSR count). The van der Waals surface area contributed by atoms with Gasteiger partial charge in [0, 0.05) is 5.56 Å². The van der Waals surface area contributed by atoms with Crippen LogP contribution in [0.25, 0.3) is 0 Å². The number of hydrogen-bond donors (Lipinski definition) is 0. The summed E-state index contributed by atoms with van der Waals surface area (Å²) in [5, 5.41) is 0.391. The van der Waals surface area contributed by atoms with Crippen LogP contribution in [0, 0.1) is 0 Å².